The number of benzene rings is 1. The van der Waals surface area contributed by atoms with Crippen molar-refractivity contribution >= 4 is 17.5 Å². The van der Waals surface area contributed by atoms with Gasteiger partial charge >= 0.3 is 0 Å². The highest BCUT2D eigenvalue weighted by Gasteiger charge is 2.35. The predicted octanol–water partition coefficient (Wildman–Crippen LogP) is 6.29. The van der Waals surface area contributed by atoms with E-state index < -0.39 is 5.91 Å². The average molecular weight is 546 g/mol. The second-order valence-corrected chi connectivity index (χ2v) is 10.5. The Bertz CT molecular complexity index is 1200. The monoisotopic (exact) mass is 545 g/mol. The number of aryl methyl sites for hydroxylation is 1. The lowest BCUT2D eigenvalue weighted by atomic mass is 9.84. The molecule has 1 aliphatic rings. The molecule has 8 nitrogen and oxygen atoms in total. The molecule has 0 saturated carbocycles. The first-order chi connectivity index (χ1) is 18.0. The Kier molecular flexibility index (Phi) is 9.79. The van der Waals surface area contributed by atoms with E-state index in [1.54, 1.807) is 12.1 Å². The van der Waals surface area contributed by atoms with Crippen LogP contribution in [0.4, 0.5) is 0 Å². The van der Waals surface area contributed by atoms with E-state index in [0.717, 1.165) is 43.4 Å². The summed E-state index contributed by atoms with van der Waals surface area (Å²) in [5.41, 5.74) is 3.78. The van der Waals surface area contributed by atoms with Gasteiger partial charge in [0, 0.05) is 11.6 Å². The Morgan fingerprint density at radius 3 is 2.66 bits per heavy atom. The third-order valence-corrected chi connectivity index (χ3v) is 7.02. The Hall–Kier alpha value is -3.10. The number of rotatable bonds is 13. The smallest absolute Gasteiger partial charge is 0.291 e. The van der Waals surface area contributed by atoms with Gasteiger partial charge in [0.2, 0.25) is 5.88 Å². The standard InChI is InChI=1S/C29H40ClN3O5/c1-9-10-15-31-19(4)32-28(36-8)25(18(3)35-7)33-27(34)22-11-12-23(37-22)38-26-20-13-14-29(5,6)24(20)17(2)16-21(26)30/h11-12,16,19,31-32H,3,9-10,13-15H2,1-2,4-8H3,(H,33,34)/b28-25-. The van der Waals surface area contributed by atoms with Crippen LogP contribution in [0.25, 0.3) is 0 Å². The number of ether oxygens (including phenoxy) is 3. The minimum atomic E-state index is -0.516. The van der Waals surface area contributed by atoms with Crippen molar-refractivity contribution < 1.29 is 23.4 Å². The van der Waals surface area contributed by atoms with Gasteiger partial charge in [-0.15, -0.1) is 0 Å². The van der Waals surface area contributed by atoms with Gasteiger partial charge in [-0.3, -0.25) is 10.1 Å². The molecule has 1 atom stereocenters. The van der Waals surface area contributed by atoms with Gasteiger partial charge in [-0.05, 0) is 68.3 Å². The Labute approximate surface area is 230 Å². The molecule has 1 aromatic heterocycles. The first-order valence-electron chi connectivity index (χ1n) is 12.9. The van der Waals surface area contributed by atoms with E-state index in [9.17, 15) is 4.79 Å². The number of hydrogen-bond donors (Lipinski definition) is 3. The summed E-state index contributed by atoms with van der Waals surface area (Å²) in [6.45, 7) is 15.3. The Morgan fingerprint density at radius 1 is 1.26 bits per heavy atom. The number of hydrogen-bond acceptors (Lipinski definition) is 7. The van der Waals surface area contributed by atoms with Gasteiger partial charge in [-0.25, -0.2) is 0 Å². The third-order valence-electron chi connectivity index (χ3n) is 6.74. The molecule has 1 heterocycles. The van der Waals surface area contributed by atoms with Crippen molar-refractivity contribution in [3.05, 3.63) is 69.6 Å². The summed E-state index contributed by atoms with van der Waals surface area (Å²) in [6, 6.07) is 5.06. The molecule has 0 spiro atoms. The molecule has 1 aliphatic carbocycles. The first kappa shape index (κ1) is 29.5. The number of carbonyl (C=O) groups is 1. The molecule has 208 valence electrons. The average Bonchev–Trinajstić information content (AvgIpc) is 3.47. The van der Waals surface area contributed by atoms with Crippen molar-refractivity contribution in [2.24, 2.45) is 0 Å². The number of amides is 1. The van der Waals surface area contributed by atoms with Gasteiger partial charge in [0.05, 0.1) is 25.4 Å². The first-order valence-corrected chi connectivity index (χ1v) is 13.3. The minimum absolute atomic E-state index is 0.0406. The minimum Gasteiger partial charge on any atom is -0.495 e. The lowest BCUT2D eigenvalue weighted by Crippen LogP contribution is -2.42. The van der Waals surface area contributed by atoms with Crippen LogP contribution in [-0.4, -0.2) is 32.8 Å². The molecule has 38 heavy (non-hydrogen) atoms. The Morgan fingerprint density at radius 2 is 2.00 bits per heavy atom. The molecule has 3 rings (SSSR count). The summed E-state index contributed by atoms with van der Waals surface area (Å²) in [5, 5.41) is 9.84. The highest BCUT2D eigenvalue weighted by Crippen LogP contribution is 2.48. The highest BCUT2D eigenvalue weighted by atomic mass is 35.5. The molecular formula is C29H40ClN3O5. The van der Waals surface area contributed by atoms with Crippen LogP contribution in [0.5, 0.6) is 11.7 Å². The number of unbranched alkanes of at least 4 members (excludes halogenated alkanes) is 1. The topological polar surface area (TPSA) is 94.0 Å². The van der Waals surface area contributed by atoms with E-state index in [0.29, 0.717) is 16.7 Å². The van der Waals surface area contributed by atoms with E-state index in [2.05, 4.69) is 50.2 Å². The normalized spacial score (nSPS) is 15.3. The fourth-order valence-electron chi connectivity index (χ4n) is 4.78. The summed E-state index contributed by atoms with van der Waals surface area (Å²) >= 11 is 6.58. The van der Waals surface area contributed by atoms with E-state index >= 15 is 0 Å². The molecular weight excluding hydrogens is 506 g/mol. The molecule has 1 unspecified atom stereocenters. The molecule has 0 saturated heterocycles. The van der Waals surface area contributed by atoms with Crippen molar-refractivity contribution in [2.45, 2.75) is 71.9 Å². The summed E-state index contributed by atoms with van der Waals surface area (Å²) in [6.07, 6.45) is 3.87. The predicted molar refractivity (Wildman–Crippen MR) is 149 cm³/mol. The van der Waals surface area contributed by atoms with Crippen LogP contribution >= 0.6 is 11.6 Å². The van der Waals surface area contributed by atoms with Gasteiger partial charge in [0.25, 0.3) is 11.9 Å². The molecule has 1 aromatic carbocycles. The second-order valence-electron chi connectivity index (χ2n) is 10.1. The van der Waals surface area contributed by atoms with Crippen molar-refractivity contribution in [3.8, 4) is 11.7 Å². The lowest BCUT2D eigenvalue weighted by Gasteiger charge is -2.22. The summed E-state index contributed by atoms with van der Waals surface area (Å²) < 4.78 is 22.7. The number of nitrogens with one attached hydrogen (secondary N) is 3. The van der Waals surface area contributed by atoms with E-state index in [1.165, 1.54) is 19.8 Å². The summed E-state index contributed by atoms with van der Waals surface area (Å²) in [7, 11) is 2.97. The van der Waals surface area contributed by atoms with Crippen LogP contribution in [0.2, 0.25) is 5.02 Å². The highest BCUT2D eigenvalue weighted by molar-refractivity contribution is 6.32. The number of fused-ring (bicyclic) bond motifs is 1. The molecule has 3 N–H and O–H groups in total. The number of carbonyl (C=O) groups excluding carboxylic acids is 1. The zero-order chi connectivity index (χ0) is 28.0. The van der Waals surface area contributed by atoms with Crippen molar-refractivity contribution in [2.75, 3.05) is 20.8 Å². The molecule has 9 heteroatoms. The maximum Gasteiger partial charge on any atom is 0.291 e. The van der Waals surface area contributed by atoms with Crippen LogP contribution in [0, 0.1) is 6.92 Å². The summed E-state index contributed by atoms with van der Waals surface area (Å²) in [5.74, 6) is 0.791. The fraction of sp³-hybridized carbons (Fsp3) is 0.483. The van der Waals surface area contributed by atoms with Crippen LogP contribution in [0.3, 0.4) is 0 Å². The quantitative estimate of drug-likeness (QED) is 0.118. The largest absolute Gasteiger partial charge is 0.495 e. The maximum absolute atomic E-state index is 13.1. The summed E-state index contributed by atoms with van der Waals surface area (Å²) in [4.78, 5) is 13.1. The number of halogens is 1. The van der Waals surface area contributed by atoms with Crippen LogP contribution in [0.1, 0.15) is 74.2 Å². The van der Waals surface area contributed by atoms with E-state index in [4.69, 9.17) is 30.2 Å². The van der Waals surface area contributed by atoms with Gasteiger partial charge in [-0.1, -0.05) is 45.4 Å². The molecule has 0 radical (unpaired) electrons. The van der Waals surface area contributed by atoms with Crippen molar-refractivity contribution in [3.63, 3.8) is 0 Å². The fourth-order valence-corrected chi connectivity index (χ4v) is 5.10. The van der Waals surface area contributed by atoms with Gasteiger partial charge < -0.3 is 29.3 Å². The lowest BCUT2D eigenvalue weighted by molar-refractivity contribution is 0.0925. The van der Waals surface area contributed by atoms with Crippen LogP contribution in [0.15, 0.2) is 46.5 Å². The van der Waals surface area contributed by atoms with Gasteiger partial charge in [-0.2, -0.15) is 0 Å². The zero-order valence-electron chi connectivity index (χ0n) is 23.5. The van der Waals surface area contributed by atoms with Gasteiger partial charge in [0.1, 0.15) is 11.5 Å². The van der Waals surface area contributed by atoms with Crippen LogP contribution in [-0.2, 0) is 21.3 Å². The molecule has 0 aliphatic heterocycles. The SMILES string of the molecule is C=C(OC)/C(NC(=O)c1ccc(Oc2c(Cl)cc(C)c3c2CCC3(C)C)o1)=C(\NC(C)NCCCC)OC. The van der Waals surface area contributed by atoms with Crippen molar-refractivity contribution in [1.29, 1.82) is 0 Å². The van der Waals surface area contributed by atoms with Crippen molar-refractivity contribution in [1.82, 2.24) is 16.0 Å². The van der Waals surface area contributed by atoms with Crippen LogP contribution < -0.4 is 20.7 Å². The molecule has 1 amide bonds. The second kappa shape index (κ2) is 12.6. The van der Waals surface area contributed by atoms with E-state index in [1.807, 2.05) is 13.0 Å². The molecule has 0 bridgehead atoms. The zero-order valence-corrected chi connectivity index (χ0v) is 24.2. The number of methoxy groups -OCH3 is 2. The third kappa shape index (κ3) is 6.66. The van der Waals surface area contributed by atoms with Gasteiger partial charge in [0.15, 0.2) is 11.5 Å². The van der Waals surface area contributed by atoms with E-state index in [-0.39, 0.29) is 34.7 Å². The number of furan rings is 1. The Balaban J connectivity index is 1.80. The molecule has 2 aromatic rings. The maximum atomic E-state index is 13.1. The molecule has 0 fully saturated rings.